The van der Waals surface area contributed by atoms with E-state index in [0.717, 1.165) is 22.6 Å². The fourth-order valence-electron chi connectivity index (χ4n) is 2.54. The van der Waals surface area contributed by atoms with Crippen molar-refractivity contribution in [1.29, 1.82) is 0 Å². The summed E-state index contributed by atoms with van der Waals surface area (Å²) in [6.45, 7) is 6.94. The molecule has 5 nitrogen and oxygen atoms in total. The molecule has 2 heterocycles. The van der Waals surface area contributed by atoms with Gasteiger partial charge in [0, 0.05) is 17.0 Å². The van der Waals surface area contributed by atoms with Crippen LogP contribution in [-0.2, 0) is 5.41 Å². The number of nitrogens with zero attached hydrogens (tertiary/aromatic N) is 1. The van der Waals surface area contributed by atoms with Gasteiger partial charge in [-0.2, -0.15) is 4.98 Å². The van der Waals surface area contributed by atoms with Gasteiger partial charge in [0.05, 0.1) is 12.3 Å². The molecule has 1 aromatic carbocycles. The van der Waals surface area contributed by atoms with Gasteiger partial charge in [0.1, 0.15) is 11.5 Å². The Balaban J connectivity index is 2.04. The van der Waals surface area contributed by atoms with Crippen molar-refractivity contribution in [2.24, 2.45) is 0 Å². The lowest BCUT2D eigenvalue weighted by molar-refractivity contribution is 0.289. The third kappa shape index (κ3) is 2.24. The highest BCUT2D eigenvalue weighted by atomic mass is 16.5. The van der Waals surface area contributed by atoms with Gasteiger partial charge in [0.2, 0.25) is 5.88 Å². The molecular weight excluding hydrogens is 266 g/mol. The standard InChI is InChI=1S/C16H19N3O2/c1-9-4-6-11(13-14(9)20-8-16(13,2)3)21-12-7-5-10(17)15(18)19-12/h4-7H,8,17H2,1-3H3,(H2,18,19). The molecule has 0 atom stereocenters. The number of hydrogen-bond acceptors (Lipinski definition) is 5. The highest BCUT2D eigenvalue weighted by Gasteiger charge is 2.36. The first-order chi connectivity index (χ1) is 9.88. The molecule has 0 bridgehead atoms. The second-order valence-electron chi connectivity index (χ2n) is 5.98. The highest BCUT2D eigenvalue weighted by Crippen LogP contribution is 2.47. The second-order valence-corrected chi connectivity index (χ2v) is 5.98. The molecule has 5 heteroatoms. The smallest absolute Gasteiger partial charge is 0.221 e. The number of anilines is 2. The lowest BCUT2D eigenvalue weighted by atomic mass is 9.85. The number of rotatable bonds is 2. The lowest BCUT2D eigenvalue weighted by Crippen LogP contribution is -2.19. The third-order valence-electron chi connectivity index (χ3n) is 3.72. The number of hydrogen-bond donors (Lipinski definition) is 2. The fourth-order valence-corrected chi connectivity index (χ4v) is 2.54. The van der Waals surface area contributed by atoms with Crippen LogP contribution in [-0.4, -0.2) is 11.6 Å². The molecule has 21 heavy (non-hydrogen) atoms. The van der Waals surface area contributed by atoms with Crippen molar-refractivity contribution in [3.05, 3.63) is 35.4 Å². The first-order valence-corrected chi connectivity index (χ1v) is 6.85. The Labute approximate surface area is 123 Å². The summed E-state index contributed by atoms with van der Waals surface area (Å²) < 4.78 is 11.7. The van der Waals surface area contributed by atoms with Gasteiger partial charge in [0.25, 0.3) is 0 Å². The first kappa shape index (κ1) is 13.5. The molecule has 4 N–H and O–H groups in total. The third-order valence-corrected chi connectivity index (χ3v) is 3.72. The maximum Gasteiger partial charge on any atom is 0.221 e. The monoisotopic (exact) mass is 285 g/mol. The number of nitrogen functional groups attached to an aromatic ring is 2. The average Bonchev–Trinajstić information content (AvgIpc) is 2.75. The molecule has 0 aliphatic carbocycles. The minimum absolute atomic E-state index is 0.101. The number of nitrogens with two attached hydrogens (primary N) is 2. The predicted octanol–water partition coefficient (Wildman–Crippen LogP) is 3.02. The van der Waals surface area contributed by atoms with E-state index in [2.05, 4.69) is 18.8 Å². The van der Waals surface area contributed by atoms with Crippen molar-refractivity contribution < 1.29 is 9.47 Å². The molecule has 0 amide bonds. The predicted molar refractivity (Wildman–Crippen MR) is 82.8 cm³/mol. The van der Waals surface area contributed by atoms with Crippen LogP contribution in [0.2, 0.25) is 0 Å². The number of ether oxygens (including phenoxy) is 2. The number of benzene rings is 1. The zero-order valence-corrected chi connectivity index (χ0v) is 12.4. The zero-order valence-electron chi connectivity index (χ0n) is 12.4. The quantitative estimate of drug-likeness (QED) is 0.886. The summed E-state index contributed by atoms with van der Waals surface area (Å²) in [5.41, 5.74) is 13.9. The summed E-state index contributed by atoms with van der Waals surface area (Å²) in [6, 6.07) is 7.32. The van der Waals surface area contributed by atoms with E-state index in [1.165, 1.54) is 0 Å². The minimum Gasteiger partial charge on any atom is -0.492 e. The van der Waals surface area contributed by atoms with Crippen LogP contribution in [0.1, 0.15) is 25.0 Å². The highest BCUT2D eigenvalue weighted by molar-refractivity contribution is 5.60. The Hall–Kier alpha value is -2.43. The Morgan fingerprint density at radius 1 is 1.19 bits per heavy atom. The molecule has 110 valence electrons. The normalized spacial score (nSPS) is 15.4. The van der Waals surface area contributed by atoms with E-state index in [4.69, 9.17) is 20.9 Å². The van der Waals surface area contributed by atoms with E-state index in [9.17, 15) is 0 Å². The van der Waals surface area contributed by atoms with Gasteiger partial charge in [0.15, 0.2) is 5.82 Å². The summed E-state index contributed by atoms with van der Waals surface area (Å²) in [4.78, 5) is 4.15. The van der Waals surface area contributed by atoms with Gasteiger partial charge in [-0.3, -0.25) is 0 Å². The minimum atomic E-state index is -0.101. The molecule has 1 aliphatic rings. The number of aryl methyl sites for hydroxylation is 1. The molecule has 0 fully saturated rings. The Kier molecular flexibility index (Phi) is 2.93. The van der Waals surface area contributed by atoms with Crippen molar-refractivity contribution in [3.63, 3.8) is 0 Å². The van der Waals surface area contributed by atoms with Gasteiger partial charge >= 0.3 is 0 Å². The summed E-state index contributed by atoms with van der Waals surface area (Å²) in [6.07, 6.45) is 0. The van der Waals surface area contributed by atoms with Gasteiger partial charge in [-0.25, -0.2) is 0 Å². The molecule has 1 aromatic heterocycles. The largest absolute Gasteiger partial charge is 0.492 e. The zero-order chi connectivity index (χ0) is 15.2. The van der Waals surface area contributed by atoms with Crippen LogP contribution in [0.3, 0.4) is 0 Å². The maximum absolute atomic E-state index is 5.92. The van der Waals surface area contributed by atoms with Crippen molar-refractivity contribution in [2.45, 2.75) is 26.2 Å². The summed E-state index contributed by atoms with van der Waals surface area (Å²) in [5.74, 6) is 2.35. The molecule has 0 radical (unpaired) electrons. The fraction of sp³-hybridized carbons (Fsp3) is 0.312. The topological polar surface area (TPSA) is 83.4 Å². The summed E-state index contributed by atoms with van der Waals surface area (Å²) in [7, 11) is 0. The van der Waals surface area contributed by atoms with Gasteiger partial charge in [-0.05, 0) is 24.6 Å². The van der Waals surface area contributed by atoms with Crippen molar-refractivity contribution in [3.8, 4) is 17.4 Å². The van der Waals surface area contributed by atoms with Gasteiger partial charge in [-0.1, -0.05) is 19.9 Å². The van der Waals surface area contributed by atoms with E-state index in [0.29, 0.717) is 18.2 Å². The second kappa shape index (κ2) is 4.55. The van der Waals surface area contributed by atoms with Crippen LogP contribution in [0.25, 0.3) is 0 Å². The van der Waals surface area contributed by atoms with E-state index in [1.54, 1.807) is 12.1 Å². The SMILES string of the molecule is Cc1ccc(Oc2ccc(N)c(N)n2)c2c1OCC2(C)C. The maximum atomic E-state index is 5.92. The van der Waals surface area contributed by atoms with Crippen LogP contribution < -0.4 is 20.9 Å². The van der Waals surface area contributed by atoms with Crippen LogP contribution >= 0.6 is 0 Å². The molecular formula is C16H19N3O2. The van der Waals surface area contributed by atoms with Gasteiger partial charge < -0.3 is 20.9 Å². The van der Waals surface area contributed by atoms with Crippen molar-refractivity contribution in [2.75, 3.05) is 18.1 Å². The average molecular weight is 285 g/mol. The van der Waals surface area contributed by atoms with Crippen LogP contribution in [0, 0.1) is 6.92 Å². The van der Waals surface area contributed by atoms with Crippen LogP contribution in [0.4, 0.5) is 11.5 Å². The van der Waals surface area contributed by atoms with Crippen molar-refractivity contribution >= 4 is 11.5 Å². The molecule has 0 spiro atoms. The van der Waals surface area contributed by atoms with Crippen LogP contribution in [0.15, 0.2) is 24.3 Å². The molecule has 3 rings (SSSR count). The molecule has 2 aromatic rings. The van der Waals surface area contributed by atoms with E-state index >= 15 is 0 Å². The van der Waals surface area contributed by atoms with E-state index in [1.807, 2.05) is 19.1 Å². The number of pyridine rings is 1. The number of aromatic nitrogens is 1. The van der Waals surface area contributed by atoms with Crippen molar-refractivity contribution in [1.82, 2.24) is 4.98 Å². The molecule has 0 saturated heterocycles. The first-order valence-electron chi connectivity index (χ1n) is 6.85. The van der Waals surface area contributed by atoms with Gasteiger partial charge in [-0.15, -0.1) is 0 Å². The van der Waals surface area contributed by atoms with Crippen LogP contribution in [0.5, 0.6) is 17.4 Å². The Morgan fingerprint density at radius 3 is 2.67 bits per heavy atom. The summed E-state index contributed by atoms with van der Waals surface area (Å²) in [5, 5.41) is 0. The lowest BCUT2D eigenvalue weighted by Gasteiger charge is -2.19. The Bertz CT molecular complexity index is 711. The van der Waals surface area contributed by atoms with E-state index in [-0.39, 0.29) is 11.2 Å². The Morgan fingerprint density at radius 2 is 1.95 bits per heavy atom. The molecule has 0 saturated carbocycles. The molecule has 1 aliphatic heterocycles. The van der Waals surface area contributed by atoms with E-state index < -0.39 is 0 Å². The number of fused-ring (bicyclic) bond motifs is 1. The summed E-state index contributed by atoms with van der Waals surface area (Å²) >= 11 is 0. The molecule has 0 unspecified atom stereocenters.